The second-order valence-corrected chi connectivity index (χ2v) is 8.80. The molecule has 33 heavy (non-hydrogen) atoms. The zero-order valence-corrected chi connectivity index (χ0v) is 19.1. The summed E-state index contributed by atoms with van der Waals surface area (Å²) in [7, 11) is -1.42. The Labute approximate surface area is 192 Å². The maximum Gasteiger partial charge on any atom is 0.407 e. The van der Waals surface area contributed by atoms with Crippen LogP contribution in [0.1, 0.15) is 17.5 Å². The molecule has 2 aromatic rings. The number of ether oxygens (including phenoxy) is 3. The monoisotopic (exact) mass is 481 g/mol. The molecule has 2 unspecified atom stereocenters. The number of aliphatic hydroxyl groups is 1. The second-order valence-electron chi connectivity index (χ2n) is 6.94. The molecule has 0 aliphatic rings. The van der Waals surface area contributed by atoms with Crippen LogP contribution in [-0.4, -0.2) is 57.9 Å². The predicted octanol–water partition coefficient (Wildman–Crippen LogP) is 1.76. The Bertz CT molecular complexity index is 994. The third-order valence-corrected chi connectivity index (χ3v) is 5.73. The molecule has 0 fully saturated rings. The van der Waals surface area contributed by atoms with E-state index < -0.39 is 40.3 Å². The molecule has 180 valence electrons. The molecule has 0 radical (unpaired) electrons. The largest absolute Gasteiger partial charge is 0.445 e. The molecule has 0 heterocycles. The van der Waals surface area contributed by atoms with E-state index in [1.807, 2.05) is 30.3 Å². The fourth-order valence-corrected chi connectivity index (χ4v) is 3.31. The van der Waals surface area contributed by atoms with Crippen molar-refractivity contribution in [1.82, 2.24) is 5.32 Å². The van der Waals surface area contributed by atoms with E-state index in [1.165, 1.54) is 19.2 Å². The minimum Gasteiger partial charge on any atom is -0.445 e. The molecule has 0 aliphatic carbocycles. The first kappa shape index (κ1) is 26.3. The topological polar surface area (TPSA) is 137 Å². The molecule has 1 amide bonds. The summed E-state index contributed by atoms with van der Waals surface area (Å²) in [5, 5.41) is 12.7. The third kappa shape index (κ3) is 9.58. The van der Waals surface area contributed by atoms with Gasteiger partial charge in [0.25, 0.3) is 10.1 Å². The highest BCUT2D eigenvalue weighted by molar-refractivity contribution is 7.86. The quantitative estimate of drug-likeness (QED) is 0.201. The second kappa shape index (κ2) is 12.9. The molecule has 2 rings (SSSR count). The van der Waals surface area contributed by atoms with Gasteiger partial charge in [-0.2, -0.15) is 8.42 Å². The van der Waals surface area contributed by atoms with Crippen LogP contribution in [0.3, 0.4) is 0 Å². The van der Waals surface area contributed by atoms with Crippen LogP contribution in [0.5, 0.6) is 5.75 Å². The smallest absolute Gasteiger partial charge is 0.407 e. The number of rotatable bonds is 12. The first-order chi connectivity index (χ1) is 15.7. The van der Waals surface area contributed by atoms with Gasteiger partial charge in [-0.3, -0.25) is 8.98 Å². The Morgan fingerprint density at radius 2 is 1.67 bits per heavy atom. The summed E-state index contributed by atoms with van der Waals surface area (Å²) in [5.41, 5.74) is 1.53. The van der Waals surface area contributed by atoms with Gasteiger partial charge in [0.15, 0.2) is 6.29 Å². The van der Waals surface area contributed by atoms with E-state index in [4.69, 9.17) is 14.2 Å². The van der Waals surface area contributed by atoms with E-state index in [1.54, 1.807) is 12.1 Å². The molecule has 0 bridgehead atoms. The van der Waals surface area contributed by atoms with Gasteiger partial charge in [-0.25, -0.2) is 4.79 Å². The number of carbonyl (C=O) groups is 2. The summed E-state index contributed by atoms with van der Waals surface area (Å²) in [6.45, 7) is 0.0776. The zero-order valence-electron chi connectivity index (χ0n) is 18.3. The van der Waals surface area contributed by atoms with Gasteiger partial charge in [0.05, 0.1) is 25.3 Å². The number of hydrogen-bond donors (Lipinski definition) is 2. The van der Waals surface area contributed by atoms with Crippen LogP contribution < -0.4 is 10.1 Å². The highest BCUT2D eigenvalue weighted by Crippen LogP contribution is 2.16. The molecule has 2 atom stereocenters. The molecule has 2 aromatic carbocycles. The number of amides is 1. The van der Waals surface area contributed by atoms with Crippen molar-refractivity contribution in [2.75, 3.05) is 20.0 Å². The first-order valence-corrected chi connectivity index (χ1v) is 11.6. The van der Waals surface area contributed by atoms with Gasteiger partial charge in [-0.1, -0.05) is 42.5 Å². The van der Waals surface area contributed by atoms with Crippen molar-refractivity contribution in [2.45, 2.75) is 31.8 Å². The summed E-state index contributed by atoms with van der Waals surface area (Å²) in [5.74, 6) is -0.986. The van der Waals surface area contributed by atoms with Crippen LogP contribution in [0.2, 0.25) is 0 Å². The summed E-state index contributed by atoms with van der Waals surface area (Å²) in [4.78, 5) is 24.0. The van der Waals surface area contributed by atoms with E-state index >= 15 is 0 Å². The lowest BCUT2D eigenvalue weighted by atomic mass is 10.1. The molecule has 0 saturated carbocycles. The van der Waals surface area contributed by atoms with E-state index in [9.17, 15) is 23.1 Å². The van der Waals surface area contributed by atoms with Crippen LogP contribution in [-0.2, 0) is 41.6 Å². The van der Waals surface area contributed by atoms with Gasteiger partial charge in [0.2, 0.25) is 0 Å². The van der Waals surface area contributed by atoms with Crippen molar-refractivity contribution >= 4 is 22.2 Å². The maximum atomic E-state index is 12.2. The Balaban J connectivity index is 1.90. The van der Waals surface area contributed by atoms with Crippen molar-refractivity contribution < 1.29 is 41.5 Å². The average Bonchev–Trinajstić information content (AvgIpc) is 2.82. The highest BCUT2D eigenvalue weighted by Gasteiger charge is 2.22. The Morgan fingerprint density at radius 3 is 2.27 bits per heavy atom. The molecule has 0 aliphatic heterocycles. The number of nitrogens with one attached hydrogen (secondary N) is 1. The molecule has 0 spiro atoms. The van der Waals surface area contributed by atoms with Gasteiger partial charge in [0, 0.05) is 7.11 Å². The molecule has 0 aromatic heterocycles. The average molecular weight is 482 g/mol. The van der Waals surface area contributed by atoms with Crippen molar-refractivity contribution in [3.63, 3.8) is 0 Å². The van der Waals surface area contributed by atoms with Gasteiger partial charge in [-0.05, 0) is 29.7 Å². The molecule has 11 heteroatoms. The number of hydrogen-bond acceptors (Lipinski definition) is 9. The molecular formula is C22H27NO9S. The van der Waals surface area contributed by atoms with E-state index in [0.29, 0.717) is 5.56 Å². The number of carbonyl (C=O) groups excluding carboxylic acids is 2. The van der Waals surface area contributed by atoms with Crippen LogP contribution in [0.25, 0.3) is 0 Å². The number of benzene rings is 2. The number of aliphatic hydroxyl groups excluding tert-OH is 1. The van der Waals surface area contributed by atoms with Crippen molar-refractivity contribution in [3.8, 4) is 5.75 Å². The normalized spacial score (nSPS) is 13.1. The minimum atomic E-state index is -3.75. The van der Waals surface area contributed by atoms with Gasteiger partial charge >= 0.3 is 12.1 Å². The Kier molecular flexibility index (Phi) is 10.3. The van der Waals surface area contributed by atoms with Crippen molar-refractivity contribution in [2.24, 2.45) is 0 Å². The van der Waals surface area contributed by atoms with Crippen molar-refractivity contribution in [3.05, 3.63) is 65.7 Å². The van der Waals surface area contributed by atoms with Crippen LogP contribution in [0.4, 0.5) is 4.79 Å². The van der Waals surface area contributed by atoms with Gasteiger partial charge in [-0.15, -0.1) is 0 Å². The number of esters is 1. The van der Waals surface area contributed by atoms with Gasteiger partial charge in [0.1, 0.15) is 12.4 Å². The molecule has 0 saturated heterocycles. The lowest BCUT2D eigenvalue weighted by Crippen LogP contribution is -2.45. The van der Waals surface area contributed by atoms with E-state index in [-0.39, 0.29) is 25.2 Å². The maximum absolute atomic E-state index is 12.2. The standard InChI is InChI=1S/C22H27NO9S/c1-29-21(25)19(23-22(26)31-15-17-6-4-3-5-7-17)14-16-8-10-18(11-9-16)32-20(24)12-13-33(27,28)30-2/h3-11,19,21,25H,12-15H2,1-2H3,(H,23,26). The summed E-state index contributed by atoms with van der Waals surface area (Å²) < 4.78 is 42.1. The summed E-state index contributed by atoms with van der Waals surface area (Å²) in [6.07, 6.45) is -2.14. The predicted molar refractivity (Wildman–Crippen MR) is 118 cm³/mol. The lowest BCUT2D eigenvalue weighted by Gasteiger charge is -2.23. The van der Waals surface area contributed by atoms with E-state index in [2.05, 4.69) is 9.50 Å². The zero-order chi connectivity index (χ0) is 24.3. The fourth-order valence-electron chi connectivity index (χ4n) is 2.73. The SMILES string of the molecule is COC(O)C(Cc1ccc(OC(=O)CCS(=O)(=O)OC)cc1)NC(=O)OCc1ccccc1. The number of methoxy groups -OCH3 is 1. The lowest BCUT2D eigenvalue weighted by molar-refractivity contribution is -0.133. The highest BCUT2D eigenvalue weighted by atomic mass is 32.2. The third-order valence-electron chi connectivity index (χ3n) is 4.52. The summed E-state index contributed by atoms with van der Waals surface area (Å²) in [6, 6.07) is 14.7. The molecule has 2 N–H and O–H groups in total. The van der Waals surface area contributed by atoms with Crippen LogP contribution >= 0.6 is 0 Å². The van der Waals surface area contributed by atoms with E-state index in [0.717, 1.165) is 12.7 Å². The van der Waals surface area contributed by atoms with Gasteiger partial charge < -0.3 is 24.6 Å². The Morgan fingerprint density at radius 1 is 1.00 bits per heavy atom. The van der Waals surface area contributed by atoms with Crippen LogP contribution in [0, 0.1) is 0 Å². The molecule has 10 nitrogen and oxygen atoms in total. The first-order valence-electron chi connectivity index (χ1n) is 9.98. The van der Waals surface area contributed by atoms with Crippen LogP contribution in [0.15, 0.2) is 54.6 Å². The summed E-state index contributed by atoms with van der Waals surface area (Å²) >= 11 is 0. The minimum absolute atomic E-state index is 0.0776. The van der Waals surface area contributed by atoms with Crippen molar-refractivity contribution in [1.29, 1.82) is 0 Å². The molecular weight excluding hydrogens is 454 g/mol. The Hall–Kier alpha value is -2.99. The fraction of sp³-hybridized carbons (Fsp3) is 0.364. The number of alkyl carbamates (subject to hydrolysis) is 1.